The highest BCUT2D eigenvalue weighted by molar-refractivity contribution is 5.95. The Morgan fingerprint density at radius 1 is 1.44 bits per heavy atom. The highest BCUT2D eigenvalue weighted by atomic mass is 16.5. The predicted octanol–water partition coefficient (Wildman–Crippen LogP) is 1.19. The van der Waals surface area contributed by atoms with E-state index in [-0.39, 0.29) is 24.8 Å². The minimum atomic E-state index is -0.347. The van der Waals surface area contributed by atoms with E-state index in [1.165, 1.54) is 7.11 Å². The molecule has 5 nitrogen and oxygen atoms in total. The topological polar surface area (TPSA) is 68.5 Å². The standard InChI is InChI=1S/C11H15NO4/c1-7-6-9(8(2)16-7)11(14)12-5-4-10(13)15-3/h6H,4-5H2,1-3H3,(H,12,14). The zero-order chi connectivity index (χ0) is 12.1. The van der Waals surface area contributed by atoms with Crippen molar-refractivity contribution in [2.45, 2.75) is 20.3 Å². The lowest BCUT2D eigenvalue weighted by molar-refractivity contribution is -0.140. The summed E-state index contributed by atoms with van der Waals surface area (Å²) in [7, 11) is 1.31. The average molecular weight is 225 g/mol. The van der Waals surface area contributed by atoms with Gasteiger partial charge in [0.25, 0.3) is 5.91 Å². The number of methoxy groups -OCH3 is 1. The number of ether oxygens (including phenoxy) is 1. The number of nitrogens with one attached hydrogen (secondary N) is 1. The van der Waals surface area contributed by atoms with Crippen molar-refractivity contribution < 1.29 is 18.7 Å². The van der Waals surface area contributed by atoms with Gasteiger partial charge in [-0.1, -0.05) is 0 Å². The summed E-state index contributed by atoms with van der Waals surface area (Å²) in [5.41, 5.74) is 0.502. The molecule has 0 aromatic carbocycles. The number of rotatable bonds is 4. The van der Waals surface area contributed by atoms with Crippen LogP contribution in [0, 0.1) is 13.8 Å². The Morgan fingerprint density at radius 2 is 2.12 bits per heavy atom. The quantitative estimate of drug-likeness (QED) is 0.781. The van der Waals surface area contributed by atoms with E-state index >= 15 is 0 Å². The molecular weight excluding hydrogens is 210 g/mol. The molecule has 0 aliphatic carbocycles. The van der Waals surface area contributed by atoms with E-state index in [0.29, 0.717) is 17.1 Å². The Bertz CT molecular complexity index is 395. The summed E-state index contributed by atoms with van der Waals surface area (Å²) in [6.07, 6.45) is 0.165. The number of esters is 1. The van der Waals surface area contributed by atoms with E-state index in [0.717, 1.165) is 0 Å². The Kier molecular flexibility index (Phi) is 4.10. The molecule has 1 heterocycles. The average Bonchev–Trinajstić information content (AvgIpc) is 2.57. The summed E-state index contributed by atoms with van der Waals surface area (Å²) < 4.78 is 9.69. The Morgan fingerprint density at radius 3 is 2.62 bits per heavy atom. The largest absolute Gasteiger partial charge is 0.469 e. The molecule has 0 saturated carbocycles. The van der Waals surface area contributed by atoms with Crippen LogP contribution in [0.4, 0.5) is 0 Å². The molecule has 1 rings (SSSR count). The molecule has 1 amide bonds. The van der Waals surface area contributed by atoms with Gasteiger partial charge in [0, 0.05) is 6.54 Å². The van der Waals surface area contributed by atoms with Crippen molar-refractivity contribution in [2.24, 2.45) is 0 Å². The Hall–Kier alpha value is -1.78. The van der Waals surface area contributed by atoms with Crippen molar-refractivity contribution >= 4 is 11.9 Å². The van der Waals surface area contributed by atoms with Gasteiger partial charge in [0.1, 0.15) is 11.5 Å². The van der Waals surface area contributed by atoms with Crippen LogP contribution in [0.1, 0.15) is 28.3 Å². The van der Waals surface area contributed by atoms with Crippen LogP contribution in [0.5, 0.6) is 0 Å². The Labute approximate surface area is 93.8 Å². The first kappa shape index (κ1) is 12.3. The third-order valence-electron chi connectivity index (χ3n) is 2.13. The van der Waals surface area contributed by atoms with Gasteiger partial charge in [-0.2, -0.15) is 0 Å². The maximum Gasteiger partial charge on any atom is 0.307 e. The third-order valence-corrected chi connectivity index (χ3v) is 2.13. The molecule has 1 N–H and O–H groups in total. The zero-order valence-corrected chi connectivity index (χ0v) is 9.62. The number of furan rings is 1. The van der Waals surface area contributed by atoms with Gasteiger partial charge < -0.3 is 14.5 Å². The van der Waals surface area contributed by atoms with Gasteiger partial charge in [0.05, 0.1) is 19.1 Å². The van der Waals surface area contributed by atoms with E-state index in [2.05, 4.69) is 10.1 Å². The number of amides is 1. The molecule has 0 aliphatic rings. The molecule has 0 spiro atoms. The summed E-state index contributed by atoms with van der Waals surface area (Å²) in [4.78, 5) is 22.4. The fraction of sp³-hybridized carbons (Fsp3) is 0.455. The van der Waals surface area contributed by atoms with Crippen LogP contribution < -0.4 is 5.32 Å². The molecule has 0 unspecified atom stereocenters. The second-order valence-electron chi connectivity index (χ2n) is 3.41. The van der Waals surface area contributed by atoms with Crippen LogP contribution in [0.15, 0.2) is 10.5 Å². The fourth-order valence-corrected chi connectivity index (χ4v) is 1.33. The van der Waals surface area contributed by atoms with Crippen LogP contribution in [0.3, 0.4) is 0 Å². The van der Waals surface area contributed by atoms with Crippen molar-refractivity contribution in [1.29, 1.82) is 0 Å². The number of carbonyl (C=O) groups is 2. The second-order valence-corrected chi connectivity index (χ2v) is 3.41. The summed E-state index contributed by atoms with van der Waals surface area (Å²) in [6.45, 7) is 3.76. The van der Waals surface area contributed by atoms with E-state index in [4.69, 9.17) is 4.42 Å². The molecule has 0 atom stereocenters. The maximum absolute atomic E-state index is 11.6. The molecule has 1 aromatic rings. The van der Waals surface area contributed by atoms with Crippen molar-refractivity contribution in [3.05, 3.63) is 23.2 Å². The van der Waals surface area contributed by atoms with Crippen LogP contribution in [0.2, 0.25) is 0 Å². The molecule has 0 saturated heterocycles. The third kappa shape index (κ3) is 3.12. The SMILES string of the molecule is COC(=O)CCNC(=O)c1cc(C)oc1C. The Balaban J connectivity index is 2.47. The highest BCUT2D eigenvalue weighted by Gasteiger charge is 2.13. The van der Waals surface area contributed by atoms with Crippen LogP contribution >= 0.6 is 0 Å². The van der Waals surface area contributed by atoms with E-state index in [1.807, 2.05) is 0 Å². The van der Waals surface area contributed by atoms with Gasteiger partial charge in [-0.15, -0.1) is 0 Å². The van der Waals surface area contributed by atoms with Crippen LogP contribution in [-0.4, -0.2) is 25.5 Å². The number of carbonyl (C=O) groups excluding carboxylic acids is 2. The number of hydrogen-bond acceptors (Lipinski definition) is 4. The van der Waals surface area contributed by atoms with Crippen molar-refractivity contribution in [1.82, 2.24) is 5.32 Å². The monoisotopic (exact) mass is 225 g/mol. The molecule has 88 valence electrons. The molecule has 0 bridgehead atoms. The first-order chi connectivity index (χ1) is 7.54. The minimum Gasteiger partial charge on any atom is -0.469 e. The van der Waals surface area contributed by atoms with Crippen molar-refractivity contribution in [2.75, 3.05) is 13.7 Å². The lowest BCUT2D eigenvalue weighted by atomic mass is 10.2. The summed E-state index contributed by atoms with van der Waals surface area (Å²) >= 11 is 0. The first-order valence-corrected chi connectivity index (χ1v) is 4.96. The molecule has 0 radical (unpaired) electrons. The normalized spacial score (nSPS) is 9.94. The van der Waals surface area contributed by atoms with Gasteiger partial charge in [-0.25, -0.2) is 0 Å². The highest BCUT2D eigenvalue weighted by Crippen LogP contribution is 2.13. The minimum absolute atomic E-state index is 0.165. The van der Waals surface area contributed by atoms with Gasteiger partial charge >= 0.3 is 5.97 Å². The van der Waals surface area contributed by atoms with E-state index < -0.39 is 0 Å². The van der Waals surface area contributed by atoms with Crippen LogP contribution in [0.25, 0.3) is 0 Å². The first-order valence-electron chi connectivity index (χ1n) is 4.96. The van der Waals surface area contributed by atoms with E-state index in [9.17, 15) is 9.59 Å². The van der Waals surface area contributed by atoms with Gasteiger partial charge in [-0.05, 0) is 19.9 Å². The predicted molar refractivity (Wildman–Crippen MR) is 57.1 cm³/mol. The molecular formula is C11H15NO4. The smallest absolute Gasteiger partial charge is 0.307 e. The van der Waals surface area contributed by atoms with Crippen molar-refractivity contribution in [3.8, 4) is 0 Å². The van der Waals surface area contributed by atoms with Gasteiger partial charge in [0.2, 0.25) is 0 Å². The molecule has 5 heteroatoms. The summed E-state index contributed by atoms with van der Waals surface area (Å²) in [5.74, 6) is 0.683. The van der Waals surface area contributed by atoms with Crippen molar-refractivity contribution in [3.63, 3.8) is 0 Å². The van der Waals surface area contributed by atoms with E-state index in [1.54, 1.807) is 19.9 Å². The molecule has 16 heavy (non-hydrogen) atoms. The fourth-order valence-electron chi connectivity index (χ4n) is 1.33. The van der Waals surface area contributed by atoms with Gasteiger partial charge in [0.15, 0.2) is 0 Å². The summed E-state index contributed by atoms with van der Waals surface area (Å²) in [6, 6.07) is 1.67. The van der Waals surface area contributed by atoms with Crippen LogP contribution in [-0.2, 0) is 9.53 Å². The zero-order valence-electron chi connectivity index (χ0n) is 9.62. The number of hydrogen-bond donors (Lipinski definition) is 1. The second kappa shape index (κ2) is 5.34. The molecule has 0 aliphatic heterocycles. The number of aryl methyl sites for hydroxylation is 2. The maximum atomic E-state index is 11.6. The molecule has 1 aromatic heterocycles. The lowest BCUT2D eigenvalue weighted by Gasteiger charge is -2.02. The summed E-state index contributed by atoms with van der Waals surface area (Å²) in [5, 5.41) is 2.62. The van der Waals surface area contributed by atoms with Gasteiger partial charge in [-0.3, -0.25) is 9.59 Å². The lowest BCUT2D eigenvalue weighted by Crippen LogP contribution is -2.26. The molecule has 0 fully saturated rings.